The van der Waals surface area contributed by atoms with E-state index in [1.165, 1.54) is 11.8 Å². The first-order valence-electron chi connectivity index (χ1n) is 9.30. The molecule has 2 heterocycles. The Morgan fingerprint density at radius 2 is 1.93 bits per heavy atom. The molecule has 1 aromatic carbocycles. The van der Waals surface area contributed by atoms with Crippen LogP contribution in [0.25, 0.3) is 11.5 Å². The molecular formula is C21H23N3O4S. The van der Waals surface area contributed by atoms with Gasteiger partial charge in [-0.2, -0.15) is 0 Å². The number of aryl methyl sites for hydroxylation is 2. The highest BCUT2D eigenvalue weighted by molar-refractivity contribution is 8.00. The molecule has 29 heavy (non-hydrogen) atoms. The number of rotatable bonds is 7. The highest BCUT2D eigenvalue weighted by Gasteiger charge is 2.27. The molecular weight excluding hydrogens is 390 g/mol. The Labute approximate surface area is 173 Å². The molecule has 3 rings (SSSR count). The smallest absolute Gasteiger partial charge is 0.340 e. The second kappa shape index (κ2) is 8.65. The Balaban J connectivity index is 1.78. The largest absolute Gasteiger partial charge is 0.462 e. The van der Waals surface area contributed by atoms with Gasteiger partial charge in [0.2, 0.25) is 5.89 Å². The second-order valence-electron chi connectivity index (χ2n) is 6.66. The first kappa shape index (κ1) is 20.9. The number of nitrogens with zero attached hydrogens (tertiary/aromatic N) is 2. The molecule has 0 unspecified atom stereocenters. The number of ether oxygens (including phenoxy) is 1. The van der Waals surface area contributed by atoms with E-state index in [1.54, 1.807) is 27.7 Å². The van der Waals surface area contributed by atoms with E-state index >= 15 is 0 Å². The summed E-state index contributed by atoms with van der Waals surface area (Å²) in [5, 5.41) is 7.99. The van der Waals surface area contributed by atoms with Crippen molar-refractivity contribution in [3.8, 4) is 11.5 Å². The maximum atomic E-state index is 13.0. The number of Topliss-reactive ketones (excluding diaryl/α,β-unsaturated/α-hetero) is 1. The van der Waals surface area contributed by atoms with Crippen molar-refractivity contribution in [3.05, 3.63) is 52.3 Å². The lowest BCUT2D eigenvalue weighted by Gasteiger charge is -2.07. The average molecular weight is 413 g/mol. The third kappa shape index (κ3) is 4.27. The van der Waals surface area contributed by atoms with Crippen molar-refractivity contribution in [3.63, 3.8) is 0 Å². The Kier molecular flexibility index (Phi) is 6.22. The standard InChI is InChI=1S/C21H23N3O4S/c1-6-27-20(26)16-12(3)17(22-13(16)4)18(25)14(5)29-21-24-23-19(28-21)15-10-8-7-9-11(15)2/h7-10,14,22H,6H2,1-5H3/t14-/m1/s1. The quantitative estimate of drug-likeness (QED) is 0.345. The predicted molar refractivity (Wildman–Crippen MR) is 110 cm³/mol. The zero-order valence-corrected chi connectivity index (χ0v) is 17.8. The van der Waals surface area contributed by atoms with Gasteiger partial charge in [-0.3, -0.25) is 4.79 Å². The molecule has 0 aliphatic carbocycles. The molecule has 2 aromatic heterocycles. The van der Waals surface area contributed by atoms with E-state index < -0.39 is 11.2 Å². The number of thioether (sulfide) groups is 1. The number of aromatic amines is 1. The summed E-state index contributed by atoms with van der Waals surface area (Å²) in [4.78, 5) is 28.1. The predicted octanol–water partition coefficient (Wildman–Crippen LogP) is 4.53. The SMILES string of the molecule is CCOC(=O)c1c(C)[nH]c(C(=O)[C@@H](C)Sc2nnc(-c3ccccc3C)o2)c1C. The Hall–Kier alpha value is -2.87. The van der Waals surface area contributed by atoms with E-state index in [-0.39, 0.29) is 12.4 Å². The van der Waals surface area contributed by atoms with Gasteiger partial charge in [0, 0.05) is 11.3 Å². The lowest BCUT2D eigenvalue weighted by atomic mass is 10.1. The van der Waals surface area contributed by atoms with Crippen molar-refractivity contribution >= 4 is 23.5 Å². The van der Waals surface area contributed by atoms with Crippen LogP contribution in [0, 0.1) is 20.8 Å². The van der Waals surface area contributed by atoms with E-state index in [4.69, 9.17) is 9.15 Å². The fourth-order valence-electron chi connectivity index (χ4n) is 3.09. The molecule has 0 saturated carbocycles. The number of H-pyrrole nitrogens is 1. The summed E-state index contributed by atoms with van der Waals surface area (Å²) in [6.07, 6.45) is 0. The van der Waals surface area contributed by atoms with Gasteiger partial charge in [-0.15, -0.1) is 10.2 Å². The summed E-state index contributed by atoms with van der Waals surface area (Å²) < 4.78 is 10.8. The maximum Gasteiger partial charge on any atom is 0.340 e. The lowest BCUT2D eigenvalue weighted by Crippen LogP contribution is -2.15. The number of carbonyl (C=O) groups excluding carboxylic acids is 2. The minimum Gasteiger partial charge on any atom is -0.462 e. The van der Waals surface area contributed by atoms with Crippen LogP contribution < -0.4 is 0 Å². The van der Waals surface area contributed by atoms with Gasteiger partial charge in [-0.05, 0) is 51.8 Å². The van der Waals surface area contributed by atoms with Crippen LogP contribution in [0.3, 0.4) is 0 Å². The number of esters is 1. The third-order valence-electron chi connectivity index (χ3n) is 4.59. The third-order valence-corrected chi connectivity index (χ3v) is 5.53. The van der Waals surface area contributed by atoms with Gasteiger partial charge in [0.25, 0.3) is 5.22 Å². The summed E-state index contributed by atoms with van der Waals surface area (Å²) in [6, 6.07) is 7.73. The van der Waals surface area contributed by atoms with Crippen LogP contribution >= 0.6 is 11.8 Å². The monoisotopic (exact) mass is 413 g/mol. The molecule has 0 fully saturated rings. The molecule has 0 saturated heterocycles. The maximum absolute atomic E-state index is 13.0. The van der Waals surface area contributed by atoms with E-state index in [2.05, 4.69) is 15.2 Å². The molecule has 1 atom stereocenters. The Morgan fingerprint density at radius 3 is 2.62 bits per heavy atom. The molecule has 0 amide bonds. The number of hydrogen-bond donors (Lipinski definition) is 1. The molecule has 0 aliphatic rings. The fraction of sp³-hybridized carbons (Fsp3) is 0.333. The second-order valence-corrected chi connectivity index (χ2v) is 7.95. The highest BCUT2D eigenvalue weighted by Crippen LogP contribution is 2.30. The van der Waals surface area contributed by atoms with E-state index in [0.717, 1.165) is 11.1 Å². The molecule has 152 valence electrons. The minimum absolute atomic E-state index is 0.151. The van der Waals surface area contributed by atoms with Crippen molar-refractivity contribution < 1.29 is 18.7 Å². The average Bonchev–Trinajstić information content (AvgIpc) is 3.25. The van der Waals surface area contributed by atoms with Crippen LogP contribution in [0.5, 0.6) is 0 Å². The molecule has 0 aliphatic heterocycles. The van der Waals surface area contributed by atoms with Crippen molar-refractivity contribution in [2.24, 2.45) is 0 Å². The van der Waals surface area contributed by atoms with Crippen LogP contribution in [0.2, 0.25) is 0 Å². The Morgan fingerprint density at radius 1 is 1.21 bits per heavy atom. The van der Waals surface area contributed by atoms with Crippen LogP contribution in [0.15, 0.2) is 33.9 Å². The first-order valence-corrected chi connectivity index (χ1v) is 10.2. The topological polar surface area (TPSA) is 98.1 Å². The number of nitrogens with one attached hydrogen (secondary N) is 1. The number of carbonyl (C=O) groups is 2. The summed E-state index contributed by atoms with van der Waals surface area (Å²) in [5.41, 5.74) is 3.89. The van der Waals surface area contributed by atoms with Crippen molar-refractivity contribution in [2.75, 3.05) is 6.61 Å². The van der Waals surface area contributed by atoms with Crippen molar-refractivity contribution in [1.29, 1.82) is 0 Å². The summed E-state index contributed by atoms with van der Waals surface area (Å²) >= 11 is 1.18. The van der Waals surface area contributed by atoms with Gasteiger partial charge in [0.1, 0.15) is 0 Å². The molecule has 0 bridgehead atoms. The summed E-state index contributed by atoms with van der Waals surface area (Å²) in [7, 11) is 0. The first-order chi connectivity index (χ1) is 13.8. The van der Waals surface area contributed by atoms with Gasteiger partial charge in [-0.25, -0.2) is 4.79 Å². The van der Waals surface area contributed by atoms with E-state index in [1.807, 2.05) is 31.2 Å². The summed E-state index contributed by atoms with van der Waals surface area (Å²) in [6.45, 7) is 9.25. The van der Waals surface area contributed by atoms with E-state index in [0.29, 0.717) is 33.6 Å². The summed E-state index contributed by atoms with van der Waals surface area (Å²) in [5.74, 6) is -0.165. The van der Waals surface area contributed by atoms with Gasteiger partial charge in [-0.1, -0.05) is 30.0 Å². The molecule has 8 heteroatoms. The normalized spacial score (nSPS) is 12.0. The molecule has 7 nitrogen and oxygen atoms in total. The van der Waals surface area contributed by atoms with Gasteiger partial charge >= 0.3 is 5.97 Å². The number of ketones is 1. The Bertz CT molecular complexity index is 1050. The van der Waals surface area contributed by atoms with Crippen LogP contribution in [-0.4, -0.2) is 38.8 Å². The van der Waals surface area contributed by atoms with Crippen LogP contribution in [0.1, 0.15) is 51.5 Å². The number of benzene rings is 1. The van der Waals surface area contributed by atoms with Crippen LogP contribution in [-0.2, 0) is 4.74 Å². The molecule has 3 aromatic rings. The van der Waals surface area contributed by atoms with Gasteiger partial charge in [0.15, 0.2) is 5.78 Å². The zero-order chi connectivity index (χ0) is 21.1. The fourth-order valence-corrected chi connectivity index (χ4v) is 3.84. The lowest BCUT2D eigenvalue weighted by molar-refractivity contribution is 0.0525. The van der Waals surface area contributed by atoms with Gasteiger partial charge in [0.05, 0.1) is 23.1 Å². The number of aromatic nitrogens is 3. The van der Waals surface area contributed by atoms with Gasteiger partial charge < -0.3 is 14.1 Å². The number of hydrogen-bond acceptors (Lipinski definition) is 7. The minimum atomic E-state index is -0.480. The van der Waals surface area contributed by atoms with Crippen molar-refractivity contribution in [1.82, 2.24) is 15.2 Å². The van der Waals surface area contributed by atoms with Crippen LogP contribution in [0.4, 0.5) is 0 Å². The van der Waals surface area contributed by atoms with E-state index in [9.17, 15) is 9.59 Å². The molecule has 1 N–H and O–H groups in total. The molecule has 0 spiro atoms. The highest BCUT2D eigenvalue weighted by atomic mass is 32.2. The van der Waals surface area contributed by atoms with Crippen molar-refractivity contribution in [2.45, 2.75) is 45.1 Å². The zero-order valence-electron chi connectivity index (χ0n) is 17.0. The molecule has 0 radical (unpaired) electrons.